The molecule has 0 radical (unpaired) electrons. The highest BCUT2D eigenvalue weighted by atomic mass is 32.2. The minimum absolute atomic E-state index is 0.363. The number of nitrogens with zero attached hydrogens (tertiary/aromatic N) is 1. The summed E-state index contributed by atoms with van der Waals surface area (Å²) in [5.41, 5.74) is 0. The molecule has 1 saturated heterocycles. The van der Waals surface area contributed by atoms with Gasteiger partial charge >= 0.3 is 0 Å². The lowest BCUT2D eigenvalue weighted by molar-refractivity contribution is 0.258. The maximum atomic E-state index is 12.3. The quantitative estimate of drug-likeness (QED) is 0.668. The molecule has 20 heavy (non-hydrogen) atoms. The molecule has 0 aromatic carbocycles. The second kappa shape index (κ2) is 9.25. The summed E-state index contributed by atoms with van der Waals surface area (Å²) >= 11 is 1.75. The van der Waals surface area contributed by atoms with Crippen molar-refractivity contribution in [1.82, 2.24) is 14.3 Å². The van der Waals surface area contributed by atoms with E-state index in [1.54, 1.807) is 16.1 Å². The van der Waals surface area contributed by atoms with Crippen LogP contribution in [0.25, 0.3) is 0 Å². The normalized spacial score (nSPS) is 22.9. The summed E-state index contributed by atoms with van der Waals surface area (Å²) in [5.74, 6) is 1.77. The third kappa shape index (κ3) is 6.30. The van der Waals surface area contributed by atoms with E-state index in [0.717, 1.165) is 31.7 Å². The lowest BCUT2D eigenvalue weighted by Gasteiger charge is -2.32. The van der Waals surface area contributed by atoms with E-state index in [-0.39, 0.29) is 0 Å². The van der Waals surface area contributed by atoms with Crippen LogP contribution in [0, 0.1) is 11.8 Å². The van der Waals surface area contributed by atoms with Crippen molar-refractivity contribution < 1.29 is 8.42 Å². The molecule has 0 aromatic rings. The summed E-state index contributed by atoms with van der Waals surface area (Å²) in [7, 11) is -3.31. The second-order valence-corrected chi connectivity index (χ2v) is 8.25. The molecule has 1 heterocycles. The number of rotatable bonds is 9. The van der Waals surface area contributed by atoms with E-state index < -0.39 is 10.2 Å². The number of piperidine rings is 1. The van der Waals surface area contributed by atoms with Crippen LogP contribution in [0.3, 0.4) is 0 Å². The van der Waals surface area contributed by atoms with E-state index in [0.29, 0.717) is 31.5 Å². The predicted molar refractivity (Wildman–Crippen MR) is 87.3 cm³/mol. The van der Waals surface area contributed by atoms with Gasteiger partial charge in [-0.2, -0.15) is 24.5 Å². The molecule has 7 heteroatoms. The number of hydrogen-bond donors (Lipinski definition) is 2. The van der Waals surface area contributed by atoms with E-state index in [9.17, 15) is 8.42 Å². The van der Waals surface area contributed by atoms with Gasteiger partial charge in [-0.25, -0.2) is 4.72 Å². The molecule has 2 atom stereocenters. The molecule has 0 amide bonds. The van der Waals surface area contributed by atoms with Crippen LogP contribution < -0.4 is 10.0 Å². The summed E-state index contributed by atoms with van der Waals surface area (Å²) in [5, 5.41) is 3.31. The monoisotopic (exact) mass is 323 g/mol. The fourth-order valence-corrected chi connectivity index (χ4v) is 4.58. The van der Waals surface area contributed by atoms with E-state index in [4.69, 9.17) is 0 Å². The summed E-state index contributed by atoms with van der Waals surface area (Å²) in [6.07, 6.45) is 4.11. The van der Waals surface area contributed by atoms with Gasteiger partial charge in [-0.05, 0) is 49.8 Å². The highest BCUT2D eigenvalue weighted by Gasteiger charge is 2.28. The van der Waals surface area contributed by atoms with E-state index >= 15 is 0 Å². The van der Waals surface area contributed by atoms with Gasteiger partial charge in [0.25, 0.3) is 10.2 Å². The number of nitrogens with one attached hydrogen (secondary N) is 2. The zero-order valence-corrected chi connectivity index (χ0v) is 14.5. The van der Waals surface area contributed by atoms with Gasteiger partial charge in [0.05, 0.1) is 0 Å². The van der Waals surface area contributed by atoms with Crippen LogP contribution in [0.1, 0.15) is 26.7 Å². The molecule has 1 aliphatic heterocycles. The highest BCUT2D eigenvalue weighted by molar-refractivity contribution is 7.98. The van der Waals surface area contributed by atoms with Crippen molar-refractivity contribution >= 4 is 22.0 Å². The summed E-state index contributed by atoms with van der Waals surface area (Å²) < 4.78 is 29.0. The van der Waals surface area contributed by atoms with Gasteiger partial charge in [0.1, 0.15) is 0 Å². The smallest absolute Gasteiger partial charge is 0.279 e. The summed E-state index contributed by atoms with van der Waals surface area (Å²) in [6.45, 7) is 7.81. The Hall–Kier alpha value is 0.180. The Morgan fingerprint density at radius 3 is 2.85 bits per heavy atom. The van der Waals surface area contributed by atoms with Gasteiger partial charge in [-0.15, -0.1) is 0 Å². The van der Waals surface area contributed by atoms with Crippen molar-refractivity contribution in [3.05, 3.63) is 0 Å². The largest absolute Gasteiger partial charge is 0.317 e. The molecule has 2 N–H and O–H groups in total. The molecule has 0 saturated carbocycles. The molecular formula is C13H29N3O2S2. The molecule has 1 aliphatic rings. The van der Waals surface area contributed by atoms with E-state index in [1.165, 1.54) is 0 Å². The standard InChI is InChI=1S/C13H29N3O2S2/c1-4-14-9-13-6-5-7-16(10-13)20(17,18)15-8-12(2)11-19-3/h12-15H,4-11H2,1-3H3. The molecule has 0 aromatic heterocycles. The molecule has 120 valence electrons. The van der Waals surface area contributed by atoms with Crippen LogP contribution in [0.4, 0.5) is 0 Å². The third-order valence-corrected chi connectivity index (χ3v) is 6.02. The van der Waals surface area contributed by atoms with Gasteiger partial charge < -0.3 is 5.32 Å². The van der Waals surface area contributed by atoms with Crippen LogP contribution >= 0.6 is 11.8 Å². The predicted octanol–water partition coefficient (Wildman–Crippen LogP) is 1.14. The van der Waals surface area contributed by atoms with Gasteiger partial charge in [0, 0.05) is 19.6 Å². The van der Waals surface area contributed by atoms with Crippen LogP contribution in [-0.2, 0) is 10.2 Å². The molecule has 0 bridgehead atoms. The van der Waals surface area contributed by atoms with E-state index in [2.05, 4.69) is 23.9 Å². The molecule has 1 fully saturated rings. The Bertz CT molecular complexity index is 363. The Morgan fingerprint density at radius 2 is 2.20 bits per heavy atom. The van der Waals surface area contributed by atoms with Crippen LogP contribution in [-0.4, -0.2) is 57.5 Å². The van der Waals surface area contributed by atoms with Crippen LogP contribution in [0.2, 0.25) is 0 Å². The van der Waals surface area contributed by atoms with Crippen LogP contribution in [0.15, 0.2) is 0 Å². The highest BCUT2D eigenvalue weighted by Crippen LogP contribution is 2.18. The summed E-state index contributed by atoms with van der Waals surface area (Å²) in [4.78, 5) is 0. The van der Waals surface area contributed by atoms with Crippen LogP contribution in [0.5, 0.6) is 0 Å². The zero-order valence-electron chi connectivity index (χ0n) is 12.9. The molecule has 2 unspecified atom stereocenters. The maximum Gasteiger partial charge on any atom is 0.279 e. The SMILES string of the molecule is CCNCC1CCCN(S(=O)(=O)NCC(C)CSC)C1. The second-order valence-electron chi connectivity index (χ2n) is 5.59. The van der Waals surface area contributed by atoms with Crippen molar-refractivity contribution in [2.75, 3.05) is 44.7 Å². The Morgan fingerprint density at radius 1 is 1.45 bits per heavy atom. The lowest BCUT2D eigenvalue weighted by Crippen LogP contribution is -2.48. The van der Waals surface area contributed by atoms with Crippen molar-refractivity contribution in [3.8, 4) is 0 Å². The third-order valence-electron chi connectivity index (χ3n) is 3.57. The first-order valence-corrected chi connectivity index (χ1v) is 10.3. The zero-order chi connectivity index (χ0) is 15.0. The Kier molecular flexibility index (Phi) is 8.43. The minimum atomic E-state index is -3.31. The fraction of sp³-hybridized carbons (Fsp3) is 1.00. The van der Waals surface area contributed by atoms with Gasteiger partial charge in [-0.3, -0.25) is 0 Å². The van der Waals surface area contributed by atoms with Gasteiger partial charge in [0.2, 0.25) is 0 Å². The van der Waals surface area contributed by atoms with Crippen molar-refractivity contribution in [1.29, 1.82) is 0 Å². The Labute approximate surface area is 128 Å². The van der Waals surface area contributed by atoms with Gasteiger partial charge in [0.15, 0.2) is 0 Å². The minimum Gasteiger partial charge on any atom is -0.317 e. The average molecular weight is 324 g/mol. The average Bonchev–Trinajstić information content (AvgIpc) is 2.44. The van der Waals surface area contributed by atoms with E-state index in [1.807, 2.05) is 6.26 Å². The Balaban J connectivity index is 2.45. The number of thioether (sulfide) groups is 1. The first-order valence-electron chi connectivity index (χ1n) is 7.44. The van der Waals surface area contributed by atoms with Crippen molar-refractivity contribution in [2.24, 2.45) is 11.8 Å². The first-order chi connectivity index (χ1) is 9.49. The molecule has 0 aliphatic carbocycles. The first kappa shape index (κ1) is 18.2. The number of hydrogen-bond acceptors (Lipinski definition) is 4. The molecule has 0 spiro atoms. The maximum absolute atomic E-state index is 12.3. The molecular weight excluding hydrogens is 294 g/mol. The summed E-state index contributed by atoms with van der Waals surface area (Å²) in [6, 6.07) is 0. The van der Waals surface area contributed by atoms with Crippen molar-refractivity contribution in [2.45, 2.75) is 26.7 Å². The molecule has 1 rings (SSSR count). The topological polar surface area (TPSA) is 61.4 Å². The van der Waals surface area contributed by atoms with Crippen molar-refractivity contribution in [3.63, 3.8) is 0 Å². The molecule has 5 nitrogen and oxygen atoms in total. The lowest BCUT2D eigenvalue weighted by atomic mass is 10.00. The van der Waals surface area contributed by atoms with Gasteiger partial charge in [-0.1, -0.05) is 13.8 Å². The fourth-order valence-electron chi connectivity index (χ4n) is 2.44.